The molecule has 3 rings (SSSR count). The number of hydrogen-bond donors (Lipinski definition) is 1. The number of hydrogen-bond acceptors (Lipinski definition) is 3. The molecule has 1 aromatic heterocycles. The minimum Gasteiger partial charge on any atom is -0.449 e. The lowest BCUT2D eigenvalue weighted by molar-refractivity contribution is 0.138. The van der Waals surface area contributed by atoms with Crippen molar-refractivity contribution in [1.29, 1.82) is 0 Å². The second-order valence-electron chi connectivity index (χ2n) is 8.17. The molecule has 0 atom stereocenters. The number of ether oxygens (including phenoxy) is 1. The van der Waals surface area contributed by atoms with Crippen molar-refractivity contribution in [2.45, 2.75) is 65.5 Å². The molecule has 2 aromatic carbocycles. The van der Waals surface area contributed by atoms with Crippen LogP contribution in [0.25, 0.3) is 11.1 Å². The summed E-state index contributed by atoms with van der Waals surface area (Å²) in [7, 11) is 0. The highest BCUT2D eigenvalue weighted by Gasteiger charge is 2.25. The van der Waals surface area contributed by atoms with Crippen molar-refractivity contribution >= 4 is 6.16 Å². The first kappa shape index (κ1) is 25.2. The molecule has 0 amide bonds. The molecule has 0 aliphatic heterocycles. The molecule has 0 bridgehead atoms. The van der Waals surface area contributed by atoms with Gasteiger partial charge in [0.2, 0.25) is 0 Å². The van der Waals surface area contributed by atoms with Crippen LogP contribution in [-0.2, 0) is 19.5 Å². The van der Waals surface area contributed by atoms with Crippen LogP contribution in [-0.4, -0.2) is 20.4 Å². The van der Waals surface area contributed by atoms with Crippen LogP contribution in [0.2, 0.25) is 0 Å². The molecular formula is C26H30F2N2O4. The highest BCUT2D eigenvalue weighted by atomic mass is 19.3. The van der Waals surface area contributed by atoms with Gasteiger partial charge >= 0.3 is 11.8 Å². The lowest BCUT2D eigenvalue weighted by Crippen LogP contribution is -2.26. The van der Waals surface area contributed by atoms with Gasteiger partial charge in [0.1, 0.15) is 11.4 Å². The molecule has 34 heavy (non-hydrogen) atoms. The van der Waals surface area contributed by atoms with Crippen molar-refractivity contribution in [2.24, 2.45) is 0 Å². The Morgan fingerprint density at radius 1 is 1.00 bits per heavy atom. The van der Waals surface area contributed by atoms with Gasteiger partial charge in [-0.3, -0.25) is 9.13 Å². The average molecular weight is 473 g/mol. The van der Waals surface area contributed by atoms with Gasteiger partial charge < -0.3 is 9.84 Å². The molecule has 182 valence electrons. The van der Waals surface area contributed by atoms with Crippen LogP contribution in [0.15, 0.2) is 53.3 Å². The van der Waals surface area contributed by atoms with Crippen LogP contribution in [0.3, 0.4) is 0 Å². The minimum absolute atomic E-state index is 0.164. The maximum atomic E-state index is 14.0. The Hall–Kier alpha value is -3.42. The van der Waals surface area contributed by atoms with E-state index in [1.807, 2.05) is 26.0 Å². The number of aromatic nitrogens is 2. The smallest absolute Gasteiger partial charge is 0.449 e. The van der Waals surface area contributed by atoms with Crippen LogP contribution in [0.5, 0.6) is 5.75 Å². The summed E-state index contributed by atoms with van der Waals surface area (Å²) in [5.41, 5.74) is 1.98. The summed E-state index contributed by atoms with van der Waals surface area (Å²) in [6.45, 7) is 4.41. The Bertz CT molecular complexity index is 1170. The second-order valence-corrected chi connectivity index (χ2v) is 8.17. The highest BCUT2D eigenvalue weighted by Crippen LogP contribution is 2.30. The fourth-order valence-electron chi connectivity index (χ4n) is 4.07. The number of nitrogens with zero attached hydrogens (tertiary/aromatic N) is 2. The van der Waals surface area contributed by atoms with Gasteiger partial charge in [-0.15, -0.1) is 0 Å². The summed E-state index contributed by atoms with van der Waals surface area (Å²) in [6, 6.07) is 14.0. The molecule has 0 radical (unpaired) electrons. The quantitative estimate of drug-likeness (QED) is 0.255. The second kappa shape index (κ2) is 11.6. The van der Waals surface area contributed by atoms with Gasteiger partial charge in [-0.25, -0.2) is 18.4 Å². The van der Waals surface area contributed by atoms with Crippen LogP contribution in [0.1, 0.15) is 62.9 Å². The fraction of sp³-hybridized carbons (Fsp3) is 0.385. The normalized spacial score (nSPS) is 11.2. The summed E-state index contributed by atoms with van der Waals surface area (Å²) in [5.74, 6) is 0.218. The van der Waals surface area contributed by atoms with Gasteiger partial charge in [0.25, 0.3) is 6.43 Å². The third kappa shape index (κ3) is 5.73. The first-order chi connectivity index (χ1) is 16.4. The van der Waals surface area contributed by atoms with Crippen LogP contribution < -0.4 is 10.4 Å². The molecule has 0 unspecified atom stereocenters. The van der Waals surface area contributed by atoms with E-state index in [4.69, 9.17) is 9.84 Å². The Kier molecular flexibility index (Phi) is 8.62. The van der Waals surface area contributed by atoms with E-state index in [1.54, 1.807) is 36.4 Å². The van der Waals surface area contributed by atoms with E-state index in [1.165, 1.54) is 9.13 Å². The Labute approximate surface area is 197 Å². The zero-order valence-electron chi connectivity index (χ0n) is 19.5. The number of carboxylic acid groups (broad SMARTS) is 1. The Balaban J connectivity index is 1.96. The molecule has 0 saturated carbocycles. The zero-order valence-corrected chi connectivity index (χ0v) is 19.5. The lowest BCUT2D eigenvalue weighted by atomic mass is 10.0. The Morgan fingerprint density at radius 2 is 1.68 bits per heavy atom. The molecule has 6 nitrogen and oxygen atoms in total. The number of halogens is 2. The van der Waals surface area contributed by atoms with E-state index in [-0.39, 0.29) is 24.5 Å². The zero-order chi connectivity index (χ0) is 24.7. The monoisotopic (exact) mass is 472 g/mol. The maximum absolute atomic E-state index is 14.0. The summed E-state index contributed by atoms with van der Waals surface area (Å²) in [6.07, 6.45) is -0.679. The Morgan fingerprint density at radius 3 is 2.29 bits per heavy atom. The van der Waals surface area contributed by atoms with Gasteiger partial charge in [0.15, 0.2) is 0 Å². The van der Waals surface area contributed by atoms with Crippen molar-refractivity contribution < 1.29 is 23.4 Å². The highest BCUT2D eigenvalue weighted by molar-refractivity contribution is 5.74. The SMILES string of the molecule is CCCCc1c(C(F)F)n(CCCC)c(=O)n1Cc1ccc(-c2ccccc2OC(=O)O)cc1. The van der Waals surface area contributed by atoms with E-state index >= 15 is 0 Å². The number of imidazole rings is 1. The predicted molar refractivity (Wildman–Crippen MR) is 127 cm³/mol. The topological polar surface area (TPSA) is 73.5 Å². The van der Waals surface area contributed by atoms with E-state index in [0.717, 1.165) is 30.4 Å². The van der Waals surface area contributed by atoms with E-state index in [0.29, 0.717) is 24.1 Å². The third-order valence-electron chi connectivity index (χ3n) is 5.77. The van der Waals surface area contributed by atoms with Crippen molar-refractivity contribution in [3.8, 4) is 16.9 Å². The predicted octanol–water partition coefficient (Wildman–Crippen LogP) is 6.50. The average Bonchev–Trinajstić information content (AvgIpc) is 3.07. The fourth-order valence-corrected chi connectivity index (χ4v) is 4.07. The summed E-state index contributed by atoms with van der Waals surface area (Å²) in [5, 5.41) is 8.97. The number of unbranched alkanes of at least 4 members (excludes halogenated alkanes) is 2. The minimum atomic E-state index is -2.72. The molecule has 0 fully saturated rings. The summed E-state index contributed by atoms with van der Waals surface area (Å²) < 4.78 is 35.6. The molecule has 0 aliphatic carbocycles. The number of carbonyl (C=O) groups is 1. The number of alkyl halides is 2. The van der Waals surface area contributed by atoms with Crippen LogP contribution in [0, 0.1) is 0 Å². The molecule has 0 saturated heterocycles. The van der Waals surface area contributed by atoms with Crippen molar-refractivity contribution in [2.75, 3.05) is 0 Å². The molecule has 1 N–H and O–H groups in total. The summed E-state index contributed by atoms with van der Waals surface area (Å²) >= 11 is 0. The summed E-state index contributed by atoms with van der Waals surface area (Å²) in [4.78, 5) is 24.1. The maximum Gasteiger partial charge on any atom is 0.511 e. The lowest BCUT2D eigenvalue weighted by Gasteiger charge is -2.11. The van der Waals surface area contributed by atoms with E-state index < -0.39 is 18.3 Å². The van der Waals surface area contributed by atoms with Crippen molar-refractivity contribution in [1.82, 2.24) is 9.13 Å². The van der Waals surface area contributed by atoms with Gasteiger partial charge in [-0.05, 0) is 36.5 Å². The molecule has 0 aliphatic rings. The largest absolute Gasteiger partial charge is 0.511 e. The first-order valence-electron chi connectivity index (χ1n) is 11.6. The molecule has 3 aromatic rings. The third-order valence-corrected chi connectivity index (χ3v) is 5.77. The molecule has 8 heteroatoms. The van der Waals surface area contributed by atoms with Gasteiger partial charge in [0, 0.05) is 17.8 Å². The number of para-hydroxylation sites is 1. The molecule has 1 heterocycles. The van der Waals surface area contributed by atoms with Gasteiger partial charge in [0.05, 0.1) is 6.54 Å². The van der Waals surface area contributed by atoms with E-state index in [9.17, 15) is 18.4 Å². The van der Waals surface area contributed by atoms with Crippen LogP contribution in [0.4, 0.5) is 13.6 Å². The van der Waals surface area contributed by atoms with Crippen molar-refractivity contribution in [3.05, 3.63) is 76.0 Å². The molecular weight excluding hydrogens is 442 g/mol. The van der Waals surface area contributed by atoms with E-state index in [2.05, 4.69) is 0 Å². The number of benzene rings is 2. The standard InChI is InChI=1S/C26H30F2N2O4/c1-3-5-10-21-23(24(27)28)29(16-6-4-2)25(31)30(21)17-18-12-14-19(15-13-18)20-9-7-8-11-22(20)34-26(32)33/h7-9,11-15,24H,3-6,10,16-17H2,1-2H3,(H,32,33). The number of rotatable bonds is 11. The van der Waals surface area contributed by atoms with Gasteiger partial charge in [-0.2, -0.15) is 0 Å². The van der Waals surface area contributed by atoms with Crippen LogP contribution >= 0.6 is 0 Å². The van der Waals surface area contributed by atoms with Gasteiger partial charge in [-0.1, -0.05) is 69.2 Å². The molecule has 0 spiro atoms. The van der Waals surface area contributed by atoms with Crippen molar-refractivity contribution in [3.63, 3.8) is 0 Å². The first-order valence-corrected chi connectivity index (χ1v) is 11.6.